The average Bonchev–Trinajstić information content (AvgIpc) is 1.81. The van der Waals surface area contributed by atoms with Gasteiger partial charge in [0.1, 0.15) is 0 Å². The van der Waals surface area contributed by atoms with Crippen molar-refractivity contribution in [1.82, 2.24) is 0 Å². The summed E-state index contributed by atoms with van der Waals surface area (Å²) in [6.45, 7) is 6.44. The summed E-state index contributed by atoms with van der Waals surface area (Å²) in [4.78, 5) is 17.4. The first kappa shape index (κ1) is 12.7. The highest BCUT2D eigenvalue weighted by atomic mass is 31.2. The fourth-order valence-electron chi connectivity index (χ4n) is 0.597. The van der Waals surface area contributed by atoms with Crippen molar-refractivity contribution in [3.63, 3.8) is 0 Å². The Morgan fingerprint density at radius 2 is 2.08 bits per heavy atom. The van der Waals surface area contributed by atoms with Crippen molar-refractivity contribution in [2.75, 3.05) is 0 Å². The molecule has 0 heterocycles. The van der Waals surface area contributed by atoms with E-state index in [1.807, 2.05) is 0 Å². The van der Waals surface area contributed by atoms with Crippen LogP contribution in [0.3, 0.4) is 0 Å². The fourth-order valence-corrected chi connectivity index (χ4v) is 2.25. The van der Waals surface area contributed by atoms with Crippen LogP contribution in [0.1, 0.15) is 13.8 Å². The molecule has 0 radical (unpaired) electrons. The molecular formula is C6H11O5P2+. The van der Waals surface area contributed by atoms with E-state index in [1.165, 1.54) is 13.0 Å². The Morgan fingerprint density at radius 1 is 1.62 bits per heavy atom. The third-order valence-electron chi connectivity index (χ3n) is 1.08. The average molecular weight is 225 g/mol. The van der Waals surface area contributed by atoms with Gasteiger partial charge in [-0.1, -0.05) is 12.2 Å². The molecule has 13 heavy (non-hydrogen) atoms. The molecule has 2 atom stereocenters. The van der Waals surface area contributed by atoms with Crippen LogP contribution < -0.4 is 0 Å². The van der Waals surface area contributed by atoms with E-state index < -0.39 is 15.9 Å². The van der Waals surface area contributed by atoms with Crippen LogP contribution in [0.5, 0.6) is 0 Å². The highest BCUT2D eigenvalue weighted by Gasteiger charge is 2.34. The van der Waals surface area contributed by atoms with E-state index in [1.54, 1.807) is 6.92 Å². The largest absolute Gasteiger partial charge is 0.703 e. The number of hydrogen-bond acceptors (Lipinski definition) is 3. The third kappa shape index (κ3) is 5.09. The molecule has 0 aliphatic carbocycles. The first-order valence-corrected chi connectivity index (χ1v) is 5.99. The highest BCUT2D eigenvalue weighted by Crippen LogP contribution is 2.56. The van der Waals surface area contributed by atoms with Gasteiger partial charge in [0.05, 0.1) is 0 Å². The Labute approximate surface area is 77.2 Å². The molecule has 0 aromatic rings. The minimum atomic E-state index is -4.13. The number of allylic oxidation sites excluding steroid dienone is 3. The molecule has 0 amide bonds. The van der Waals surface area contributed by atoms with Gasteiger partial charge in [-0.15, -0.1) is 4.89 Å². The summed E-state index contributed by atoms with van der Waals surface area (Å²) in [6, 6.07) is 0. The number of hydrogen-bond donors (Lipinski definition) is 2. The third-order valence-corrected chi connectivity index (χ3v) is 3.55. The van der Waals surface area contributed by atoms with E-state index in [9.17, 15) is 9.13 Å². The van der Waals surface area contributed by atoms with Gasteiger partial charge in [0.25, 0.3) is 0 Å². The van der Waals surface area contributed by atoms with E-state index in [2.05, 4.69) is 10.9 Å². The topological polar surface area (TPSA) is 83.8 Å². The van der Waals surface area contributed by atoms with Gasteiger partial charge in [-0.25, -0.2) is 0 Å². The summed E-state index contributed by atoms with van der Waals surface area (Å²) in [5, 5.41) is -0.0163. The zero-order valence-electron chi connectivity index (χ0n) is 7.30. The van der Waals surface area contributed by atoms with Crippen molar-refractivity contribution in [3.8, 4) is 0 Å². The quantitative estimate of drug-likeness (QED) is 0.566. The van der Waals surface area contributed by atoms with E-state index in [-0.39, 0.29) is 5.31 Å². The van der Waals surface area contributed by atoms with Crippen molar-refractivity contribution in [1.29, 1.82) is 0 Å². The Hall–Kier alpha value is -0.310. The van der Waals surface area contributed by atoms with E-state index in [4.69, 9.17) is 9.79 Å². The van der Waals surface area contributed by atoms with Gasteiger partial charge in [-0.2, -0.15) is 0 Å². The predicted molar refractivity (Wildman–Crippen MR) is 49.3 cm³/mol. The maximum Gasteiger partial charge on any atom is 0.703 e. The highest BCUT2D eigenvalue weighted by molar-refractivity contribution is 7.63. The molecule has 0 rings (SSSR count). The van der Waals surface area contributed by atoms with Crippen molar-refractivity contribution in [3.05, 3.63) is 23.5 Å². The molecule has 2 N–H and O–H groups in total. The monoisotopic (exact) mass is 225 g/mol. The Balaban J connectivity index is 4.74. The van der Waals surface area contributed by atoms with Gasteiger partial charge in [0.15, 0.2) is 0 Å². The van der Waals surface area contributed by atoms with Crippen LogP contribution >= 0.6 is 15.9 Å². The zero-order valence-corrected chi connectivity index (χ0v) is 9.09. The molecule has 2 unspecified atom stereocenters. The van der Waals surface area contributed by atoms with Crippen LogP contribution in [-0.4, -0.2) is 9.79 Å². The summed E-state index contributed by atoms with van der Waals surface area (Å²) in [6.07, 6.45) is 1.32. The van der Waals surface area contributed by atoms with E-state index in [0.717, 1.165) is 0 Å². The van der Waals surface area contributed by atoms with Gasteiger partial charge >= 0.3 is 15.9 Å². The summed E-state index contributed by atoms with van der Waals surface area (Å²) in [5.74, 6) is 0. The van der Waals surface area contributed by atoms with Gasteiger partial charge in [0, 0.05) is 9.88 Å². The fraction of sp³-hybridized carbons (Fsp3) is 0.333. The molecule has 0 saturated carbocycles. The lowest BCUT2D eigenvalue weighted by Crippen LogP contribution is -1.84. The smallest absolute Gasteiger partial charge is 0.319 e. The minimum Gasteiger partial charge on any atom is -0.319 e. The van der Waals surface area contributed by atoms with E-state index in [0.29, 0.717) is 5.57 Å². The molecule has 0 spiro atoms. The van der Waals surface area contributed by atoms with Crippen molar-refractivity contribution < 1.29 is 23.2 Å². The van der Waals surface area contributed by atoms with E-state index >= 15 is 0 Å². The lowest BCUT2D eigenvalue weighted by Gasteiger charge is -2.02. The van der Waals surface area contributed by atoms with Crippen LogP contribution in [0.2, 0.25) is 0 Å². The molecule has 0 aromatic carbocycles. The first-order chi connectivity index (χ1) is 5.75. The second-order valence-corrected chi connectivity index (χ2v) is 5.35. The van der Waals surface area contributed by atoms with Crippen molar-refractivity contribution in [2.24, 2.45) is 0 Å². The van der Waals surface area contributed by atoms with Crippen LogP contribution in [0, 0.1) is 0 Å². The second-order valence-electron chi connectivity index (χ2n) is 2.47. The lowest BCUT2D eigenvalue weighted by molar-refractivity contribution is 0.356. The lowest BCUT2D eigenvalue weighted by atomic mass is 10.3. The molecular weight excluding hydrogens is 214 g/mol. The number of rotatable bonds is 4. The summed E-state index contributed by atoms with van der Waals surface area (Å²) in [5.41, 5.74) is 0.559. The minimum absolute atomic E-state index is 0.0163. The Bertz CT molecular complexity index is 306. The van der Waals surface area contributed by atoms with Gasteiger partial charge in [-0.05, 0) is 24.2 Å². The zero-order chi connectivity index (χ0) is 10.6. The van der Waals surface area contributed by atoms with Gasteiger partial charge < -0.3 is 4.89 Å². The summed E-state index contributed by atoms with van der Waals surface area (Å²) in [7, 11) is -7.21. The maximum atomic E-state index is 11.1. The predicted octanol–water partition coefficient (Wildman–Crippen LogP) is 2.32. The summed E-state index contributed by atoms with van der Waals surface area (Å²) >= 11 is 0. The first-order valence-electron chi connectivity index (χ1n) is 3.28. The molecule has 0 aromatic heterocycles. The second kappa shape index (κ2) is 4.80. The van der Waals surface area contributed by atoms with Gasteiger partial charge in [0.2, 0.25) is 0 Å². The summed E-state index contributed by atoms with van der Waals surface area (Å²) < 4.78 is 25.3. The van der Waals surface area contributed by atoms with Crippen molar-refractivity contribution in [2.45, 2.75) is 13.8 Å². The van der Waals surface area contributed by atoms with Crippen molar-refractivity contribution >= 4 is 15.9 Å². The molecule has 0 aliphatic rings. The Kier molecular flexibility index (Phi) is 4.68. The molecule has 0 bridgehead atoms. The van der Waals surface area contributed by atoms with Crippen LogP contribution in [-0.2, 0) is 13.4 Å². The Morgan fingerprint density at radius 3 is 2.38 bits per heavy atom. The molecule has 74 valence electrons. The molecule has 0 saturated heterocycles. The molecule has 0 aliphatic heterocycles. The van der Waals surface area contributed by atoms with Crippen LogP contribution in [0.4, 0.5) is 0 Å². The molecule has 0 fully saturated rings. The van der Waals surface area contributed by atoms with Crippen LogP contribution in [0.25, 0.3) is 0 Å². The normalized spacial score (nSPS) is 17.8. The van der Waals surface area contributed by atoms with Crippen LogP contribution in [0.15, 0.2) is 23.5 Å². The maximum absolute atomic E-state index is 11.1. The van der Waals surface area contributed by atoms with Gasteiger partial charge in [-0.3, -0.25) is 4.57 Å². The molecule has 7 heteroatoms. The SMILES string of the molecule is C=C(C)C=C(C)P(=O)(O)O[P+](=O)O. The molecule has 5 nitrogen and oxygen atoms in total. The standard InChI is InChI=1S/C6H10O5P2/c1-5(2)4-6(3)13(9,10)11-12(7)8/h4H,1H2,2-3H3,(H-,7,8,9,10)/p+1.